The summed E-state index contributed by atoms with van der Waals surface area (Å²) in [6.45, 7) is 5.77. The van der Waals surface area contributed by atoms with Crippen LogP contribution in [-0.2, 0) is 4.79 Å². The summed E-state index contributed by atoms with van der Waals surface area (Å²) in [6, 6.07) is 13.3. The number of anilines is 3. The number of carbonyl (C=O) groups excluding carboxylic acids is 1. The summed E-state index contributed by atoms with van der Waals surface area (Å²) in [5.74, 6) is -0.217. The lowest BCUT2D eigenvalue weighted by molar-refractivity contribution is -0.122. The minimum absolute atomic E-state index is 0.00830. The van der Waals surface area contributed by atoms with E-state index >= 15 is 0 Å². The number of piperazine rings is 1. The first-order valence-electron chi connectivity index (χ1n) is 11.0. The van der Waals surface area contributed by atoms with Crippen molar-refractivity contribution in [2.45, 2.75) is 26.2 Å². The number of hydrogen-bond acceptors (Lipinski definition) is 5. The average Bonchev–Trinajstić information content (AvgIpc) is 2.73. The molecule has 2 aromatic rings. The molecule has 164 valence electrons. The van der Waals surface area contributed by atoms with E-state index in [-0.39, 0.29) is 17.4 Å². The molecule has 1 saturated heterocycles. The topological polar surface area (TPSA) is 82.1 Å². The molecule has 0 unspecified atom stereocenters. The number of amides is 1. The highest BCUT2D eigenvalue weighted by Crippen LogP contribution is 2.32. The van der Waals surface area contributed by atoms with E-state index in [4.69, 9.17) is 4.74 Å². The van der Waals surface area contributed by atoms with Crippen LogP contribution >= 0.6 is 0 Å². The lowest BCUT2D eigenvalue weighted by Gasteiger charge is -2.38. The zero-order valence-electron chi connectivity index (χ0n) is 17.8. The maximum Gasteiger partial charge on any atom is 0.337 e. The van der Waals surface area contributed by atoms with Gasteiger partial charge in [-0.2, -0.15) is 0 Å². The lowest BCUT2D eigenvalue weighted by atomic mass is 9.85. The Balaban J connectivity index is 1.45. The van der Waals surface area contributed by atoms with Crippen LogP contribution in [0.1, 0.15) is 36.5 Å². The third kappa shape index (κ3) is 4.60. The highest BCUT2D eigenvalue weighted by molar-refractivity contribution is 6.02. The molecule has 1 heterocycles. The molecule has 4 rings (SSSR count). The standard InChI is InChI=1S/C24H29N3O4/c1-2-31-22-9-4-3-8-21(22)27-14-12-26(13-15-27)18-10-11-20(19(16-18)24(29)30)25-23(28)17-6-5-7-17/h3-4,8-11,16-17H,2,5-7,12-15H2,1H3,(H,25,28)(H,29,30). The molecular formula is C24H29N3O4. The van der Waals surface area contributed by atoms with Crippen LogP contribution in [0, 0.1) is 5.92 Å². The number of carboxylic acid groups (broad SMARTS) is 1. The van der Waals surface area contributed by atoms with Crippen molar-refractivity contribution in [3.8, 4) is 5.75 Å². The molecule has 2 aromatic carbocycles. The highest BCUT2D eigenvalue weighted by atomic mass is 16.5. The number of benzene rings is 2. The number of nitrogens with one attached hydrogen (secondary N) is 1. The van der Waals surface area contributed by atoms with Gasteiger partial charge in [-0.1, -0.05) is 18.6 Å². The van der Waals surface area contributed by atoms with Crippen molar-refractivity contribution in [2.75, 3.05) is 47.9 Å². The van der Waals surface area contributed by atoms with Gasteiger partial charge in [0.25, 0.3) is 0 Å². The number of para-hydroxylation sites is 2. The van der Waals surface area contributed by atoms with Crippen molar-refractivity contribution in [3.63, 3.8) is 0 Å². The van der Waals surface area contributed by atoms with Crippen LogP contribution in [0.5, 0.6) is 5.75 Å². The summed E-state index contributed by atoms with van der Waals surface area (Å²) in [6.07, 6.45) is 2.82. The van der Waals surface area contributed by atoms with E-state index in [2.05, 4.69) is 21.2 Å². The molecule has 1 amide bonds. The summed E-state index contributed by atoms with van der Waals surface area (Å²) in [7, 11) is 0. The molecule has 1 saturated carbocycles. The SMILES string of the molecule is CCOc1ccccc1N1CCN(c2ccc(NC(=O)C3CCC3)c(C(=O)O)c2)CC1. The van der Waals surface area contributed by atoms with Gasteiger partial charge in [0.15, 0.2) is 0 Å². The first kappa shape index (κ1) is 21.0. The van der Waals surface area contributed by atoms with E-state index < -0.39 is 5.97 Å². The maximum absolute atomic E-state index is 12.3. The number of aromatic carboxylic acids is 1. The van der Waals surface area contributed by atoms with Gasteiger partial charge in [0.05, 0.1) is 23.5 Å². The van der Waals surface area contributed by atoms with Crippen molar-refractivity contribution >= 4 is 28.9 Å². The van der Waals surface area contributed by atoms with Crippen molar-refractivity contribution in [1.29, 1.82) is 0 Å². The Labute approximate surface area is 182 Å². The molecule has 7 nitrogen and oxygen atoms in total. The van der Waals surface area contributed by atoms with Crippen molar-refractivity contribution in [2.24, 2.45) is 5.92 Å². The van der Waals surface area contributed by atoms with Gasteiger partial charge in [0.1, 0.15) is 5.75 Å². The Morgan fingerprint density at radius 2 is 1.77 bits per heavy atom. The molecule has 0 radical (unpaired) electrons. The van der Waals surface area contributed by atoms with Crippen molar-refractivity contribution in [3.05, 3.63) is 48.0 Å². The zero-order chi connectivity index (χ0) is 21.8. The second-order valence-electron chi connectivity index (χ2n) is 8.03. The van der Waals surface area contributed by atoms with E-state index in [1.54, 1.807) is 12.1 Å². The second-order valence-corrected chi connectivity index (χ2v) is 8.03. The fourth-order valence-electron chi connectivity index (χ4n) is 4.12. The van der Waals surface area contributed by atoms with Crippen LogP contribution in [0.15, 0.2) is 42.5 Å². The normalized spacial score (nSPS) is 16.5. The summed E-state index contributed by atoms with van der Waals surface area (Å²) in [4.78, 5) is 28.6. The highest BCUT2D eigenvalue weighted by Gasteiger charge is 2.27. The fourth-order valence-corrected chi connectivity index (χ4v) is 4.12. The molecule has 0 bridgehead atoms. The van der Waals surface area contributed by atoms with Gasteiger partial charge in [-0.15, -0.1) is 0 Å². The van der Waals surface area contributed by atoms with Crippen LogP contribution < -0.4 is 19.9 Å². The first-order chi connectivity index (χ1) is 15.1. The molecule has 31 heavy (non-hydrogen) atoms. The number of nitrogens with zero attached hydrogens (tertiary/aromatic N) is 2. The molecule has 7 heteroatoms. The predicted octanol–water partition coefficient (Wildman–Crippen LogP) is 3.85. The monoisotopic (exact) mass is 423 g/mol. The summed E-state index contributed by atoms with van der Waals surface area (Å²) in [5.41, 5.74) is 2.45. The lowest BCUT2D eigenvalue weighted by Crippen LogP contribution is -2.46. The fraction of sp³-hybridized carbons (Fsp3) is 0.417. The number of carbonyl (C=O) groups is 2. The van der Waals surface area contributed by atoms with Gasteiger partial charge in [-0.3, -0.25) is 4.79 Å². The number of ether oxygens (including phenoxy) is 1. The van der Waals surface area contributed by atoms with E-state index in [1.165, 1.54) is 0 Å². The number of hydrogen-bond donors (Lipinski definition) is 2. The Morgan fingerprint density at radius 1 is 1.06 bits per heavy atom. The van der Waals surface area contributed by atoms with Crippen LogP contribution in [-0.4, -0.2) is 49.8 Å². The molecule has 0 atom stereocenters. The smallest absolute Gasteiger partial charge is 0.337 e. The molecule has 2 N–H and O–H groups in total. The third-order valence-corrected chi connectivity index (χ3v) is 6.12. The zero-order valence-corrected chi connectivity index (χ0v) is 17.8. The number of carboxylic acids is 1. The second kappa shape index (κ2) is 9.29. The predicted molar refractivity (Wildman–Crippen MR) is 121 cm³/mol. The molecular weight excluding hydrogens is 394 g/mol. The van der Waals surface area contributed by atoms with E-state index in [9.17, 15) is 14.7 Å². The van der Waals surface area contributed by atoms with Gasteiger partial charge in [0.2, 0.25) is 5.91 Å². The Hall–Kier alpha value is -3.22. The van der Waals surface area contributed by atoms with Gasteiger partial charge in [0, 0.05) is 37.8 Å². The molecule has 1 aliphatic carbocycles. The van der Waals surface area contributed by atoms with Crippen molar-refractivity contribution in [1.82, 2.24) is 0 Å². The Bertz CT molecular complexity index is 950. The number of rotatable bonds is 7. The minimum atomic E-state index is -1.03. The first-order valence-corrected chi connectivity index (χ1v) is 11.0. The van der Waals surface area contributed by atoms with Gasteiger partial charge >= 0.3 is 5.97 Å². The molecule has 0 aromatic heterocycles. The summed E-state index contributed by atoms with van der Waals surface area (Å²) >= 11 is 0. The van der Waals surface area contributed by atoms with Crippen molar-refractivity contribution < 1.29 is 19.4 Å². The minimum Gasteiger partial charge on any atom is -0.492 e. The van der Waals surface area contributed by atoms with Gasteiger partial charge < -0.3 is 25.0 Å². The van der Waals surface area contributed by atoms with Crippen LogP contribution in [0.3, 0.4) is 0 Å². The van der Waals surface area contributed by atoms with Crippen LogP contribution in [0.25, 0.3) is 0 Å². The maximum atomic E-state index is 12.3. The molecule has 0 spiro atoms. The molecule has 2 fully saturated rings. The Kier molecular flexibility index (Phi) is 6.30. The summed E-state index contributed by atoms with van der Waals surface area (Å²) in [5, 5.41) is 12.5. The largest absolute Gasteiger partial charge is 0.492 e. The van der Waals surface area contributed by atoms with Crippen LogP contribution in [0.2, 0.25) is 0 Å². The van der Waals surface area contributed by atoms with Crippen LogP contribution in [0.4, 0.5) is 17.1 Å². The Morgan fingerprint density at radius 3 is 2.42 bits per heavy atom. The van der Waals surface area contributed by atoms with Gasteiger partial charge in [-0.05, 0) is 50.1 Å². The van der Waals surface area contributed by atoms with E-state index in [0.29, 0.717) is 12.3 Å². The van der Waals surface area contributed by atoms with Gasteiger partial charge in [-0.25, -0.2) is 4.79 Å². The molecule has 2 aliphatic rings. The average molecular weight is 424 g/mol. The molecule has 1 aliphatic heterocycles. The third-order valence-electron chi connectivity index (χ3n) is 6.12. The summed E-state index contributed by atoms with van der Waals surface area (Å²) < 4.78 is 5.76. The quantitative estimate of drug-likeness (QED) is 0.704. The van der Waals surface area contributed by atoms with E-state index in [1.807, 2.05) is 31.2 Å². The van der Waals surface area contributed by atoms with E-state index in [0.717, 1.165) is 62.6 Å².